The van der Waals surface area contributed by atoms with Gasteiger partial charge in [0.1, 0.15) is 6.07 Å². The van der Waals surface area contributed by atoms with Crippen molar-refractivity contribution in [1.29, 1.82) is 5.26 Å². The molecule has 0 saturated heterocycles. The largest absolute Gasteiger partial charge is 0.571 e. The van der Waals surface area contributed by atoms with Crippen molar-refractivity contribution < 1.29 is 28.9 Å². The van der Waals surface area contributed by atoms with E-state index in [1.54, 1.807) is 6.07 Å². The number of aliphatic carboxylic acids is 2. The van der Waals surface area contributed by atoms with Crippen LogP contribution in [0, 0.1) is 11.3 Å². The molecule has 0 bridgehead atoms. The Kier molecular flexibility index (Phi) is 7.08. The first-order chi connectivity index (χ1) is 8.23. The van der Waals surface area contributed by atoms with Crippen LogP contribution < -0.4 is 0 Å². The summed E-state index contributed by atoms with van der Waals surface area (Å²) in [4.78, 5) is 20.7. The maximum Gasteiger partial charge on any atom is 0.308 e. The summed E-state index contributed by atoms with van der Waals surface area (Å²) in [5.41, 5.74) is 0. The zero-order valence-electron chi connectivity index (χ0n) is 9.62. The Bertz CT molecular complexity index is 357. The van der Waals surface area contributed by atoms with Gasteiger partial charge in [0.25, 0.3) is 4.75 Å². The lowest BCUT2D eigenvalue weighted by Gasteiger charge is -2.23. The van der Waals surface area contributed by atoms with E-state index in [-0.39, 0.29) is 18.6 Å². The molecule has 0 aliphatic heterocycles. The molecule has 18 heavy (non-hydrogen) atoms. The summed E-state index contributed by atoms with van der Waals surface area (Å²) in [6, 6.07) is 1.70. The molecule has 3 atom stereocenters. The molecule has 2 N–H and O–H groups in total. The molecular weight excluding hydrogens is 282 g/mol. The number of carboxylic acids is 2. The third kappa shape index (κ3) is 5.59. The van der Waals surface area contributed by atoms with Crippen LogP contribution in [0.4, 0.5) is 0 Å². The van der Waals surface area contributed by atoms with Crippen LogP contribution in [-0.4, -0.2) is 41.8 Å². The average molecular weight is 295 g/mol. The quantitative estimate of drug-likeness (QED) is 0.474. The molecule has 3 unspecified atom stereocenters. The topological polar surface area (TPSA) is 145 Å². The van der Waals surface area contributed by atoms with E-state index in [9.17, 15) is 18.7 Å². The van der Waals surface area contributed by atoms with E-state index in [2.05, 4.69) is 0 Å². The summed E-state index contributed by atoms with van der Waals surface area (Å²) < 4.78 is 21.8. The van der Waals surface area contributed by atoms with Gasteiger partial charge in [-0.1, -0.05) is 0 Å². The Hall–Kier alpha value is -0.950. The number of hydrogen-bond donors (Lipinski definition) is 2. The zero-order chi connectivity index (χ0) is 14.3. The molecule has 102 valence electrons. The fourth-order valence-electron chi connectivity index (χ4n) is 0.973. The molecule has 0 aromatic rings. The van der Waals surface area contributed by atoms with E-state index in [0.29, 0.717) is 0 Å². The molecule has 0 saturated carbocycles. The minimum absolute atomic E-state index is 0.204. The first kappa shape index (κ1) is 17.1. The second kappa shape index (κ2) is 7.48. The number of nitrogens with zero attached hydrogens (tertiary/aromatic N) is 1. The van der Waals surface area contributed by atoms with Gasteiger partial charge in [-0.25, -0.2) is 0 Å². The smallest absolute Gasteiger partial charge is 0.308 e. The number of rotatable bonds is 8. The van der Waals surface area contributed by atoms with E-state index in [0.717, 1.165) is 0 Å². The number of nitriles is 1. The van der Waals surface area contributed by atoms with E-state index in [4.69, 9.17) is 15.5 Å². The van der Waals surface area contributed by atoms with Gasteiger partial charge in [-0.3, -0.25) is 9.59 Å². The zero-order valence-corrected chi connectivity index (χ0v) is 11.3. The lowest BCUT2D eigenvalue weighted by molar-refractivity contribution is -0.137. The van der Waals surface area contributed by atoms with Crippen LogP contribution >= 0.6 is 0 Å². The van der Waals surface area contributed by atoms with Gasteiger partial charge in [0.05, 0.1) is 12.8 Å². The van der Waals surface area contributed by atoms with Crippen LogP contribution in [0.1, 0.15) is 26.2 Å². The van der Waals surface area contributed by atoms with Crippen molar-refractivity contribution in [3.8, 4) is 6.07 Å². The lowest BCUT2D eigenvalue weighted by atomic mass is 10.1. The molecule has 0 radical (unpaired) electrons. The highest BCUT2D eigenvalue weighted by molar-refractivity contribution is 8.67. The van der Waals surface area contributed by atoms with Gasteiger partial charge in [-0.15, -0.1) is 0 Å². The van der Waals surface area contributed by atoms with Gasteiger partial charge in [-0.05, 0) is 0 Å². The number of carboxylic acid groups (broad SMARTS) is 2. The predicted molar refractivity (Wildman–Crippen MR) is 64.3 cm³/mol. The predicted octanol–water partition coefficient (Wildman–Crippen LogP) is 0.0206. The van der Waals surface area contributed by atoms with E-state index >= 15 is 0 Å². The fourth-order valence-corrected chi connectivity index (χ4v) is 4.52. The molecule has 0 spiro atoms. The number of carbonyl (C=O) groups is 2. The summed E-state index contributed by atoms with van der Waals surface area (Å²) in [5, 5.41) is 25.8. The molecule has 0 aromatic heterocycles. The molecule has 9 heteroatoms. The SMILES string of the molecule is CC(C#N)(CCC(=O)O)[S+]([O-])[S+]([O-])CCC(=O)O. The van der Waals surface area contributed by atoms with E-state index in [1.165, 1.54) is 6.92 Å². The third-order valence-corrected chi connectivity index (χ3v) is 6.59. The van der Waals surface area contributed by atoms with Crippen molar-refractivity contribution in [3.05, 3.63) is 0 Å². The van der Waals surface area contributed by atoms with Crippen LogP contribution in [0.5, 0.6) is 0 Å². The molecular formula is C9H13NO6S2. The van der Waals surface area contributed by atoms with Crippen LogP contribution in [0.15, 0.2) is 0 Å². The highest BCUT2D eigenvalue weighted by Gasteiger charge is 2.47. The average Bonchev–Trinajstić information content (AvgIpc) is 2.31. The summed E-state index contributed by atoms with van der Waals surface area (Å²) >= 11 is 0. The molecule has 0 aliphatic rings. The Morgan fingerprint density at radius 1 is 1.28 bits per heavy atom. The normalized spacial score (nSPS) is 17.2. The first-order valence-electron chi connectivity index (χ1n) is 4.88. The highest BCUT2D eigenvalue weighted by atomic mass is 33.2. The first-order valence-corrected chi connectivity index (χ1v) is 7.87. The fraction of sp³-hybridized carbons (Fsp3) is 0.667. The molecule has 0 amide bonds. The van der Waals surface area contributed by atoms with Crippen LogP contribution in [0.2, 0.25) is 0 Å². The number of hydrogen-bond acceptors (Lipinski definition) is 5. The van der Waals surface area contributed by atoms with Gasteiger partial charge in [0.2, 0.25) is 0 Å². The third-order valence-electron chi connectivity index (χ3n) is 2.07. The molecule has 7 nitrogen and oxygen atoms in total. The molecule has 0 rings (SSSR count). The van der Waals surface area contributed by atoms with Gasteiger partial charge in [0, 0.05) is 13.3 Å². The standard InChI is InChI=1S/C9H13NO6S2/c1-9(6-10,4-2-7(11)12)18(16)17(15)5-3-8(13)14/h2-5H2,1H3,(H,11,12)(H,13,14). The Morgan fingerprint density at radius 3 is 2.17 bits per heavy atom. The van der Waals surface area contributed by atoms with Crippen molar-refractivity contribution in [1.82, 2.24) is 0 Å². The molecule has 0 heterocycles. The van der Waals surface area contributed by atoms with Gasteiger partial charge >= 0.3 is 11.9 Å². The molecule has 0 aliphatic carbocycles. The van der Waals surface area contributed by atoms with Crippen molar-refractivity contribution in [2.24, 2.45) is 0 Å². The maximum absolute atomic E-state index is 11.8. The van der Waals surface area contributed by atoms with Crippen LogP contribution in [-0.2, 0) is 30.0 Å². The highest BCUT2D eigenvalue weighted by Crippen LogP contribution is 2.28. The Labute approximate surface area is 110 Å². The van der Waals surface area contributed by atoms with E-state index < -0.39 is 43.5 Å². The van der Waals surface area contributed by atoms with Crippen molar-refractivity contribution >= 4 is 32.4 Å². The maximum atomic E-state index is 11.8. The minimum Gasteiger partial charge on any atom is -0.571 e. The Balaban J connectivity index is 4.57. The minimum atomic E-state index is -2.12. The van der Waals surface area contributed by atoms with Crippen molar-refractivity contribution in [3.63, 3.8) is 0 Å². The monoisotopic (exact) mass is 295 g/mol. The summed E-state index contributed by atoms with van der Waals surface area (Å²) in [6.45, 7) is 1.25. The molecule has 0 fully saturated rings. The molecule has 0 aromatic carbocycles. The second-order valence-corrected chi connectivity index (χ2v) is 8.03. The summed E-state index contributed by atoms with van der Waals surface area (Å²) in [6.07, 6.45) is -0.991. The van der Waals surface area contributed by atoms with Crippen LogP contribution in [0.3, 0.4) is 0 Å². The van der Waals surface area contributed by atoms with E-state index in [1.807, 2.05) is 0 Å². The van der Waals surface area contributed by atoms with Gasteiger partial charge in [-0.2, -0.15) is 5.26 Å². The van der Waals surface area contributed by atoms with Gasteiger partial charge in [0.15, 0.2) is 26.2 Å². The second-order valence-electron chi connectivity index (χ2n) is 3.62. The van der Waals surface area contributed by atoms with Crippen molar-refractivity contribution in [2.75, 3.05) is 5.75 Å². The van der Waals surface area contributed by atoms with Crippen LogP contribution in [0.25, 0.3) is 0 Å². The summed E-state index contributed by atoms with van der Waals surface area (Å²) in [7, 11) is -4.11. The Morgan fingerprint density at radius 2 is 1.78 bits per heavy atom. The van der Waals surface area contributed by atoms with Gasteiger partial charge < -0.3 is 19.3 Å². The summed E-state index contributed by atoms with van der Waals surface area (Å²) in [5.74, 6) is -2.65. The van der Waals surface area contributed by atoms with Crippen molar-refractivity contribution in [2.45, 2.75) is 30.9 Å². The lowest BCUT2D eigenvalue weighted by Crippen LogP contribution is -2.40.